The minimum absolute atomic E-state index is 0.0911. The molecule has 2 aromatic carbocycles. The summed E-state index contributed by atoms with van der Waals surface area (Å²) in [7, 11) is 3.46. The summed E-state index contributed by atoms with van der Waals surface area (Å²) in [6, 6.07) is 21.1. The third-order valence-electron chi connectivity index (χ3n) is 6.37. The van der Waals surface area contributed by atoms with E-state index in [9.17, 15) is 9.59 Å². The molecule has 3 heterocycles. The summed E-state index contributed by atoms with van der Waals surface area (Å²) in [5, 5.41) is 20.3. The number of thiophene rings is 1. The van der Waals surface area contributed by atoms with Gasteiger partial charge in [0.1, 0.15) is 5.75 Å². The molecule has 5 rings (SSSR count). The van der Waals surface area contributed by atoms with Gasteiger partial charge < -0.3 is 14.6 Å². The number of nitrogens with one attached hydrogen (secondary N) is 1. The first kappa shape index (κ1) is 26.6. The van der Waals surface area contributed by atoms with Gasteiger partial charge >= 0.3 is 0 Å². The summed E-state index contributed by atoms with van der Waals surface area (Å²) in [4.78, 5) is 26.8. The van der Waals surface area contributed by atoms with Crippen molar-refractivity contribution in [3.8, 4) is 5.75 Å². The lowest BCUT2D eigenvalue weighted by Gasteiger charge is -2.22. The first-order valence-corrected chi connectivity index (χ1v) is 14.3. The number of hydrogen-bond donors (Lipinski definition) is 1. The van der Waals surface area contributed by atoms with E-state index in [1.54, 1.807) is 28.0 Å². The maximum absolute atomic E-state index is 13.4. The van der Waals surface area contributed by atoms with Crippen LogP contribution in [0, 0.1) is 0 Å². The number of carbonyl (C=O) groups is 2. The largest absolute Gasteiger partial charge is 0.497 e. The summed E-state index contributed by atoms with van der Waals surface area (Å²) in [6.07, 6.45) is 0.939. The van der Waals surface area contributed by atoms with Crippen LogP contribution in [0.5, 0.6) is 5.75 Å². The van der Waals surface area contributed by atoms with Crippen molar-refractivity contribution in [2.75, 3.05) is 12.9 Å². The van der Waals surface area contributed by atoms with Crippen LogP contribution in [0.1, 0.15) is 34.3 Å². The lowest BCUT2D eigenvalue weighted by Crippen LogP contribution is -2.28. The van der Waals surface area contributed by atoms with Gasteiger partial charge in [0, 0.05) is 13.5 Å². The van der Waals surface area contributed by atoms with Crippen LogP contribution in [0.15, 0.2) is 82.4 Å². The van der Waals surface area contributed by atoms with Crippen LogP contribution in [0.4, 0.5) is 0 Å². The number of rotatable bonds is 10. The molecule has 9 nitrogen and oxygen atoms in total. The number of benzene rings is 2. The molecule has 0 saturated heterocycles. The van der Waals surface area contributed by atoms with Crippen molar-refractivity contribution in [2.24, 2.45) is 12.1 Å². The molecule has 4 aromatic rings. The number of thioether (sulfide) groups is 1. The molecule has 0 aliphatic carbocycles. The zero-order valence-electron chi connectivity index (χ0n) is 21.6. The van der Waals surface area contributed by atoms with Crippen molar-refractivity contribution in [2.45, 2.75) is 30.6 Å². The standard InChI is InChI=1S/C28H28N6O3S2/c1-33-25(17-29-26(35)15-19-7-4-3-5-8-19)30-31-28(33)39-18-27(36)34-23(20-10-12-21(37-2)13-11-20)16-22(32-34)24-9-6-14-38-24/h3-14,23H,15-18H2,1-2H3,(H,29,35)/t23-/m0/s1. The highest BCUT2D eigenvalue weighted by Crippen LogP contribution is 2.35. The SMILES string of the molecule is COc1ccc([C@@H]2CC(c3cccs3)=NN2C(=O)CSc2nnc(CNC(=O)Cc3ccccc3)n2C)cc1. The predicted octanol–water partition coefficient (Wildman–Crippen LogP) is 4.21. The quantitative estimate of drug-likeness (QED) is 0.292. The fourth-order valence-electron chi connectivity index (χ4n) is 4.26. The van der Waals surface area contributed by atoms with E-state index in [4.69, 9.17) is 9.84 Å². The van der Waals surface area contributed by atoms with Crippen molar-refractivity contribution >= 4 is 40.6 Å². The first-order chi connectivity index (χ1) is 19.0. The zero-order chi connectivity index (χ0) is 27.2. The minimum Gasteiger partial charge on any atom is -0.497 e. The van der Waals surface area contributed by atoms with E-state index in [0.29, 0.717) is 23.8 Å². The highest BCUT2D eigenvalue weighted by molar-refractivity contribution is 7.99. The number of nitrogens with zero attached hydrogens (tertiary/aromatic N) is 5. The molecule has 0 unspecified atom stereocenters. The van der Waals surface area contributed by atoms with Gasteiger partial charge in [0.2, 0.25) is 5.91 Å². The van der Waals surface area contributed by atoms with Crippen LogP contribution in [0.25, 0.3) is 0 Å². The second kappa shape index (κ2) is 12.3. The molecule has 200 valence electrons. The third kappa shape index (κ3) is 6.37. The van der Waals surface area contributed by atoms with Gasteiger partial charge in [-0.3, -0.25) is 9.59 Å². The Morgan fingerprint density at radius 2 is 1.87 bits per heavy atom. The highest BCUT2D eigenvalue weighted by atomic mass is 32.2. The van der Waals surface area contributed by atoms with Crippen molar-refractivity contribution in [3.05, 3.63) is 93.9 Å². The third-order valence-corrected chi connectivity index (χ3v) is 8.30. The second-order valence-corrected chi connectivity index (χ2v) is 10.8. The zero-order valence-corrected chi connectivity index (χ0v) is 23.2. The Labute approximate surface area is 234 Å². The van der Waals surface area contributed by atoms with Gasteiger partial charge in [0.15, 0.2) is 11.0 Å². The van der Waals surface area contributed by atoms with Crippen molar-refractivity contribution in [1.29, 1.82) is 0 Å². The number of hydrazone groups is 1. The Balaban J connectivity index is 1.22. The van der Waals surface area contributed by atoms with Gasteiger partial charge in [-0.15, -0.1) is 21.5 Å². The predicted molar refractivity (Wildman–Crippen MR) is 152 cm³/mol. The van der Waals surface area contributed by atoms with E-state index in [1.165, 1.54) is 11.8 Å². The molecule has 0 bridgehead atoms. The van der Waals surface area contributed by atoms with E-state index in [1.807, 2.05) is 79.2 Å². The molecular formula is C28H28N6O3S2. The summed E-state index contributed by atoms with van der Waals surface area (Å²) in [6.45, 7) is 0.254. The van der Waals surface area contributed by atoms with Crippen LogP contribution in [0.3, 0.4) is 0 Å². The molecule has 1 aliphatic rings. The number of ether oxygens (including phenoxy) is 1. The van der Waals surface area contributed by atoms with Gasteiger partial charge in [0.05, 0.1) is 42.5 Å². The van der Waals surface area contributed by atoms with Gasteiger partial charge in [-0.05, 0) is 34.7 Å². The summed E-state index contributed by atoms with van der Waals surface area (Å²) < 4.78 is 7.09. The first-order valence-electron chi connectivity index (χ1n) is 12.4. The molecule has 1 atom stereocenters. The Hall–Kier alpha value is -3.96. The summed E-state index contributed by atoms with van der Waals surface area (Å²) in [5.41, 5.74) is 2.84. The molecule has 39 heavy (non-hydrogen) atoms. The smallest absolute Gasteiger partial charge is 0.253 e. The van der Waals surface area contributed by atoms with Gasteiger partial charge in [-0.1, -0.05) is 60.3 Å². The monoisotopic (exact) mass is 560 g/mol. The summed E-state index contributed by atoms with van der Waals surface area (Å²) >= 11 is 2.91. The van der Waals surface area contributed by atoms with E-state index in [0.717, 1.165) is 27.5 Å². The molecule has 1 N–H and O–H groups in total. The van der Waals surface area contributed by atoms with Crippen LogP contribution in [-0.2, 0) is 29.6 Å². The fraction of sp³-hybridized carbons (Fsp3) is 0.250. The number of methoxy groups -OCH3 is 1. The lowest BCUT2D eigenvalue weighted by atomic mass is 10.0. The van der Waals surface area contributed by atoms with Crippen LogP contribution in [-0.4, -0.2) is 50.2 Å². The minimum atomic E-state index is -0.198. The highest BCUT2D eigenvalue weighted by Gasteiger charge is 2.33. The van der Waals surface area contributed by atoms with Gasteiger partial charge in [-0.2, -0.15) is 5.10 Å². The Kier molecular flexibility index (Phi) is 8.38. The van der Waals surface area contributed by atoms with Crippen LogP contribution >= 0.6 is 23.1 Å². The molecule has 0 saturated carbocycles. The second-order valence-electron chi connectivity index (χ2n) is 8.94. The topological polar surface area (TPSA) is 102 Å². The van der Waals surface area contributed by atoms with E-state index >= 15 is 0 Å². The maximum Gasteiger partial charge on any atom is 0.253 e. The average Bonchev–Trinajstić information content (AvgIpc) is 3.72. The van der Waals surface area contributed by atoms with Crippen LogP contribution < -0.4 is 10.1 Å². The van der Waals surface area contributed by atoms with Crippen molar-refractivity contribution in [1.82, 2.24) is 25.1 Å². The number of amides is 2. The molecule has 1 aliphatic heterocycles. The van der Waals surface area contributed by atoms with E-state index < -0.39 is 0 Å². The Morgan fingerprint density at radius 1 is 1.08 bits per heavy atom. The van der Waals surface area contributed by atoms with Gasteiger partial charge in [0.25, 0.3) is 5.91 Å². The summed E-state index contributed by atoms with van der Waals surface area (Å²) in [5.74, 6) is 1.32. The van der Waals surface area contributed by atoms with E-state index in [-0.39, 0.29) is 30.2 Å². The normalized spacial score (nSPS) is 14.8. The molecule has 0 spiro atoms. The fourth-order valence-corrected chi connectivity index (χ4v) is 5.76. The molecular weight excluding hydrogens is 532 g/mol. The maximum atomic E-state index is 13.4. The molecule has 11 heteroatoms. The molecule has 2 aromatic heterocycles. The molecule has 2 amide bonds. The lowest BCUT2D eigenvalue weighted by molar-refractivity contribution is -0.130. The molecule has 0 fully saturated rings. The van der Waals surface area contributed by atoms with E-state index in [2.05, 4.69) is 15.5 Å². The van der Waals surface area contributed by atoms with Crippen LogP contribution in [0.2, 0.25) is 0 Å². The Bertz CT molecular complexity index is 1450. The average molecular weight is 561 g/mol. The molecule has 0 radical (unpaired) electrons. The number of carbonyl (C=O) groups excluding carboxylic acids is 2. The van der Waals surface area contributed by atoms with Crippen molar-refractivity contribution in [3.63, 3.8) is 0 Å². The number of hydrogen-bond acceptors (Lipinski definition) is 8. The van der Waals surface area contributed by atoms with Gasteiger partial charge in [-0.25, -0.2) is 5.01 Å². The Morgan fingerprint density at radius 3 is 2.59 bits per heavy atom. The number of aromatic nitrogens is 3. The van der Waals surface area contributed by atoms with Crippen molar-refractivity contribution < 1.29 is 14.3 Å².